The highest BCUT2D eigenvalue weighted by atomic mass is 19.1. The molecule has 5 rings (SSSR count). The van der Waals surface area contributed by atoms with Crippen LogP contribution in [0.25, 0.3) is 0 Å². The van der Waals surface area contributed by atoms with Gasteiger partial charge in [-0.1, -0.05) is 0 Å². The highest BCUT2D eigenvalue weighted by molar-refractivity contribution is 6.23. The van der Waals surface area contributed by atoms with E-state index < -0.39 is 72.1 Å². The maximum absolute atomic E-state index is 13.4. The number of ether oxygens (including phenoxy) is 4. The average Bonchev–Trinajstić information content (AvgIpc) is 3.36. The van der Waals surface area contributed by atoms with Crippen LogP contribution in [-0.4, -0.2) is 72.4 Å². The first-order valence-electron chi connectivity index (χ1n) is 10.3. The molecule has 172 valence electrons. The number of amides is 2. The molecular weight excluding hydrogens is 427 g/mol. The van der Waals surface area contributed by atoms with Gasteiger partial charge in [-0.3, -0.25) is 19.2 Å². The minimum atomic E-state index is -1.08. The molecule has 11 heteroatoms. The van der Waals surface area contributed by atoms with Gasteiger partial charge < -0.3 is 18.9 Å². The minimum Gasteiger partial charge on any atom is -0.457 e. The van der Waals surface area contributed by atoms with Crippen molar-refractivity contribution in [3.8, 4) is 0 Å². The zero-order valence-corrected chi connectivity index (χ0v) is 17.9. The molecule has 2 amide bonds. The molecule has 4 saturated heterocycles. The quantitative estimate of drug-likeness (QED) is 0.487. The van der Waals surface area contributed by atoms with Gasteiger partial charge in [-0.25, -0.2) is 9.29 Å². The van der Waals surface area contributed by atoms with Gasteiger partial charge in [0.15, 0.2) is 30.4 Å². The van der Waals surface area contributed by atoms with Crippen molar-refractivity contribution in [3.05, 3.63) is 30.1 Å². The Morgan fingerprint density at radius 1 is 1.09 bits per heavy atom. The largest absolute Gasteiger partial charge is 0.457 e. The first-order valence-corrected chi connectivity index (χ1v) is 10.3. The van der Waals surface area contributed by atoms with E-state index >= 15 is 0 Å². The van der Waals surface area contributed by atoms with Gasteiger partial charge in [-0.15, -0.1) is 0 Å². The third kappa shape index (κ3) is 3.23. The van der Waals surface area contributed by atoms with Gasteiger partial charge in [0.25, 0.3) is 5.91 Å². The van der Waals surface area contributed by atoms with E-state index in [4.69, 9.17) is 23.8 Å². The van der Waals surface area contributed by atoms with E-state index in [1.165, 1.54) is 36.3 Å². The lowest BCUT2D eigenvalue weighted by Gasteiger charge is -2.32. The predicted molar refractivity (Wildman–Crippen MR) is 103 cm³/mol. The lowest BCUT2D eigenvalue weighted by atomic mass is 9.89. The number of hydrogen-bond donors (Lipinski definition) is 0. The summed E-state index contributed by atoms with van der Waals surface area (Å²) in [5.74, 6) is -3.95. The average molecular weight is 450 g/mol. The van der Waals surface area contributed by atoms with E-state index in [1.54, 1.807) is 20.9 Å². The molecule has 0 radical (unpaired) electrons. The van der Waals surface area contributed by atoms with Crippen LogP contribution >= 0.6 is 0 Å². The third-order valence-electron chi connectivity index (χ3n) is 6.11. The number of halogens is 1. The second kappa shape index (κ2) is 7.29. The van der Waals surface area contributed by atoms with Crippen molar-refractivity contribution in [2.75, 3.05) is 11.9 Å². The minimum absolute atomic E-state index is 0.245. The zero-order chi connectivity index (χ0) is 22.9. The van der Waals surface area contributed by atoms with Crippen molar-refractivity contribution >= 4 is 23.5 Å². The van der Waals surface area contributed by atoms with Gasteiger partial charge in [-0.2, -0.15) is 5.06 Å². The monoisotopic (exact) mass is 450 g/mol. The maximum atomic E-state index is 13.4. The molecule has 1 aromatic carbocycles. The second-order valence-corrected chi connectivity index (χ2v) is 8.72. The van der Waals surface area contributed by atoms with Crippen LogP contribution in [0.1, 0.15) is 20.8 Å². The molecule has 0 unspecified atom stereocenters. The Morgan fingerprint density at radius 3 is 2.44 bits per heavy atom. The van der Waals surface area contributed by atoms with Gasteiger partial charge in [0.1, 0.15) is 11.9 Å². The van der Waals surface area contributed by atoms with Crippen LogP contribution in [0, 0.1) is 11.7 Å². The van der Waals surface area contributed by atoms with Crippen molar-refractivity contribution in [1.82, 2.24) is 5.06 Å². The smallest absolute Gasteiger partial charge is 0.303 e. The zero-order valence-electron chi connectivity index (χ0n) is 17.9. The number of carbonyl (C=O) groups is 3. The second-order valence-electron chi connectivity index (χ2n) is 8.72. The Hall–Kier alpha value is -2.44. The summed E-state index contributed by atoms with van der Waals surface area (Å²) in [7, 11) is 1.58. The van der Waals surface area contributed by atoms with Crippen LogP contribution in [0.3, 0.4) is 0 Å². The molecule has 0 aromatic heterocycles. The predicted octanol–water partition coefficient (Wildman–Crippen LogP) is 0.737. The summed E-state index contributed by atoms with van der Waals surface area (Å²) in [4.78, 5) is 44.9. The molecule has 0 aliphatic carbocycles. The van der Waals surface area contributed by atoms with Crippen molar-refractivity contribution < 1.29 is 42.6 Å². The fraction of sp³-hybridized carbons (Fsp3) is 0.571. The van der Waals surface area contributed by atoms with Crippen molar-refractivity contribution in [2.45, 2.75) is 63.3 Å². The standard InChI is InChI=1S/C21H23FN2O8/c1-9(25)28-16-15(29-20-17(16)30-21(2,3)31-20)13-12-14(32-23(13)4)19(27)24(18(12)26)11-7-5-10(22)6-8-11/h5-8,12-17,20H,1-4H3/t12-,13+,14+,15-,16+,17-,20-/m1/s1. The summed E-state index contributed by atoms with van der Waals surface area (Å²) in [5.41, 5.74) is 0.245. The molecule has 32 heavy (non-hydrogen) atoms. The van der Waals surface area contributed by atoms with E-state index in [2.05, 4.69) is 0 Å². The fourth-order valence-electron chi connectivity index (χ4n) is 4.94. The summed E-state index contributed by atoms with van der Waals surface area (Å²) >= 11 is 0. The van der Waals surface area contributed by atoms with Gasteiger partial charge >= 0.3 is 5.97 Å². The number of rotatable bonds is 3. The topological polar surface area (TPSA) is 104 Å². The summed E-state index contributed by atoms with van der Waals surface area (Å²) in [5, 5.41) is 1.39. The van der Waals surface area contributed by atoms with Gasteiger partial charge in [0.2, 0.25) is 5.91 Å². The van der Waals surface area contributed by atoms with E-state index in [1.807, 2.05) is 0 Å². The first kappa shape index (κ1) is 21.4. The van der Waals surface area contributed by atoms with Crippen LogP contribution in [-0.2, 0) is 38.2 Å². The van der Waals surface area contributed by atoms with Gasteiger partial charge in [0, 0.05) is 14.0 Å². The molecule has 0 N–H and O–H groups in total. The van der Waals surface area contributed by atoms with Crippen LogP contribution in [0.15, 0.2) is 24.3 Å². The van der Waals surface area contributed by atoms with Crippen LogP contribution < -0.4 is 4.90 Å². The summed E-state index contributed by atoms with van der Waals surface area (Å²) in [6, 6.07) is 4.29. The molecule has 4 heterocycles. The number of esters is 1. The molecule has 4 aliphatic heterocycles. The Morgan fingerprint density at radius 2 is 1.78 bits per heavy atom. The number of anilines is 1. The molecule has 4 fully saturated rings. The van der Waals surface area contributed by atoms with Gasteiger partial charge in [0.05, 0.1) is 17.6 Å². The van der Waals surface area contributed by atoms with Crippen molar-refractivity contribution in [2.24, 2.45) is 5.92 Å². The third-order valence-corrected chi connectivity index (χ3v) is 6.11. The highest BCUT2D eigenvalue weighted by Crippen LogP contribution is 2.46. The first-order chi connectivity index (χ1) is 15.1. The molecule has 0 spiro atoms. The lowest BCUT2D eigenvalue weighted by molar-refractivity contribution is -0.235. The Balaban J connectivity index is 1.46. The van der Waals surface area contributed by atoms with E-state index in [0.29, 0.717) is 0 Å². The summed E-state index contributed by atoms with van der Waals surface area (Å²) in [6.45, 7) is 4.70. The van der Waals surface area contributed by atoms with Crippen molar-refractivity contribution in [1.29, 1.82) is 0 Å². The molecule has 4 aliphatic rings. The number of hydrogen-bond acceptors (Lipinski definition) is 9. The Bertz CT molecular complexity index is 969. The number of nitrogens with zero attached hydrogens (tertiary/aromatic N) is 2. The number of imide groups is 1. The number of benzene rings is 1. The van der Waals surface area contributed by atoms with E-state index in [-0.39, 0.29) is 5.69 Å². The highest BCUT2D eigenvalue weighted by Gasteiger charge is 2.66. The number of fused-ring (bicyclic) bond motifs is 2. The molecule has 1 aromatic rings. The Kier molecular flexibility index (Phi) is 4.88. The molecule has 7 atom stereocenters. The van der Waals surface area contributed by atoms with E-state index in [9.17, 15) is 18.8 Å². The number of hydroxylamine groups is 2. The van der Waals surface area contributed by atoms with Crippen LogP contribution in [0.5, 0.6) is 0 Å². The molecule has 0 saturated carbocycles. The summed E-state index contributed by atoms with van der Waals surface area (Å²) in [6.07, 6.45) is -4.33. The maximum Gasteiger partial charge on any atom is 0.303 e. The molecular formula is C21H23FN2O8. The summed E-state index contributed by atoms with van der Waals surface area (Å²) < 4.78 is 36.6. The van der Waals surface area contributed by atoms with Crippen LogP contribution in [0.2, 0.25) is 0 Å². The molecule has 0 bridgehead atoms. The lowest BCUT2D eigenvalue weighted by Crippen LogP contribution is -2.51. The Labute approximate surface area is 183 Å². The fourth-order valence-corrected chi connectivity index (χ4v) is 4.94. The number of carbonyl (C=O) groups excluding carboxylic acids is 3. The van der Waals surface area contributed by atoms with Crippen molar-refractivity contribution in [3.63, 3.8) is 0 Å². The normalized spacial score (nSPS) is 38.3. The van der Waals surface area contributed by atoms with E-state index in [0.717, 1.165) is 4.90 Å². The molecule has 10 nitrogen and oxygen atoms in total. The van der Waals surface area contributed by atoms with Crippen LogP contribution in [0.4, 0.5) is 10.1 Å². The van der Waals surface area contributed by atoms with Gasteiger partial charge in [-0.05, 0) is 38.1 Å². The number of likely N-dealkylation sites (N-methyl/N-ethyl adjacent to an activating group) is 1. The SMILES string of the molecule is CC(=O)O[C@@H]1[C@H]2OC(C)(C)O[C@H]2O[C@@H]1[C@@H]1[C@H]2C(=O)N(c3ccc(F)cc3)C(=O)[C@H]2ON1C.